The van der Waals surface area contributed by atoms with E-state index in [9.17, 15) is 14.4 Å². The van der Waals surface area contributed by atoms with E-state index in [1.54, 1.807) is 0 Å². The number of carbonyl (C=O) groups is 3. The van der Waals surface area contributed by atoms with Crippen molar-refractivity contribution in [3.8, 4) is 0 Å². The van der Waals surface area contributed by atoms with Crippen LogP contribution in [0.25, 0.3) is 0 Å². The van der Waals surface area contributed by atoms with Crippen molar-refractivity contribution in [1.29, 1.82) is 0 Å². The summed E-state index contributed by atoms with van der Waals surface area (Å²) in [4.78, 5) is 40.7. The molecule has 2 aromatic carbocycles. The van der Waals surface area contributed by atoms with Gasteiger partial charge in [-0.3, -0.25) is 24.6 Å². The molecule has 4 unspecified atom stereocenters. The van der Waals surface area contributed by atoms with Gasteiger partial charge in [0, 0.05) is 25.2 Å². The molecule has 3 amide bonds. The molecule has 5 rings (SSSR count). The number of amides is 3. The van der Waals surface area contributed by atoms with Gasteiger partial charge in [0.05, 0.1) is 18.0 Å². The van der Waals surface area contributed by atoms with Gasteiger partial charge >= 0.3 is 0 Å². The zero-order valence-electron chi connectivity index (χ0n) is 17.9. The number of hydrogen-bond acceptors (Lipinski definition) is 5. The molecule has 0 aromatic heterocycles. The Balaban J connectivity index is 1.30. The highest BCUT2D eigenvalue weighted by Crippen LogP contribution is 2.29. The number of fused-ring (bicyclic) bond motifs is 2. The van der Waals surface area contributed by atoms with Crippen LogP contribution in [0.5, 0.6) is 0 Å². The minimum atomic E-state index is -0.745. The van der Waals surface area contributed by atoms with Crippen LogP contribution in [0.1, 0.15) is 23.1 Å². The lowest BCUT2D eigenvalue weighted by molar-refractivity contribution is -0.147. The van der Waals surface area contributed by atoms with Crippen molar-refractivity contribution < 1.29 is 14.4 Å². The SMILES string of the molecule is Cc1ccc(NC(=O)C2CC(=O)NC3NC(N4CCc5ccccc5C4)NC(=O)C32)cc1. The summed E-state index contributed by atoms with van der Waals surface area (Å²) in [6, 6.07) is 15.7. The highest BCUT2D eigenvalue weighted by Gasteiger charge is 2.49. The third-order valence-corrected chi connectivity index (χ3v) is 6.61. The van der Waals surface area contributed by atoms with Crippen molar-refractivity contribution in [1.82, 2.24) is 20.9 Å². The summed E-state index contributed by atoms with van der Waals surface area (Å²) in [7, 11) is 0. The third-order valence-electron chi connectivity index (χ3n) is 6.61. The molecule has 2 saturated heterocycles. The molecule has 166 valence electrons. The fourth-order valence-electron chi connectivity index (χ4n) is 4.87. The Bertz CT molecular complexity index is 1050. The second kappa shape index (κ2) is 8.37. The van der Waals surface area contributed by atoms with Gasteiger partial charge in [0.2, 0.25) is 17.7 Å². The summed E-state index contributed by atoms with van der Waals surface area (Å²) in [6.45, 7) is 3.46. The number of aryl methyl sites for hydroxylation is 1. The molecular formula is C24H27N5O3. The summed E-state index contributed by atoms with van der Waals surface area (Å²) < 4.78 is 0. The molecule has 2 aromatic rings. The van der Waals surface area contributed by atoms with E-state index >= 15 is 0 Å². The maximum Gasteiger partial charge on any atom is 0.229 e. The molecule has 0 aliphatic carbocycles. The average Bonchev–Trinajstić information content (AvgIpc) is 2.79. The molecule has 32 heavy (non-hydrogen) atoms. The lowest BCUT2D eigenvalue weighted by Crippen LogP contribution is -2.74. The van der Waals surface area contributed by atoms with E-state index in [1.165, 1.54) is 11.1 Å². The van der Waals surface area contributed by atoms with Gasteiger partial charge in [-0.25, -0.2) is 0 Å². The number of carbonyl (C=O) groups excluding carboxylic acids is 3. The van der Waals surface area contributed by atoms with E-state index in [4.69, 9.17) is 0 Å². The van der Waals surface area contributed by atoms with Crippen molar-refractivity contribution >= 4 is 23.4 Å². The van der Waals surface area contributed by atoms with E-state index in [1.807, 2.05) is 43.3 Å². The molecule has 0 spiro atoms. The quantitative estimate of drug-likeness (QED) is 0.580. The first-order valence-corrected chi connectivity index (χ1v) is 11.0. The Morgan fingerprint density at radius 1 is 1.03 bits per heavy atom. The Morgan fingerprint density at radius 2 is 1.78 bits per heavy atom. The van der Waals surface area contributed by atoms with Crippen molar-refractivity contribution in [3.05, 3.63) is 65.2 Å². The van der Waals surface area contributed by atoms with Crippen molar-refractivity contribution in [2.75, 3.05) is 11.9 Å². The van der Waals surface area contributed by atoms with Gasteiger partial charge in [0.15, 0.2) is 0 Å². The molecule has 0 saturated carbocycles. The predicted molar refractivity (Wildman–Crippen MR) is 119 cm³/mol. The van der Waals surface area contributed by atoms with Crippen molar-refractivity contribution in [2.24, 2.45) is 11.8 Å². The number of piperidine rings is 1. The normalized spacial score (nSPS) is 27.5. The van der Waals surface area contributed by atoms with Crippen molar-refractivity contribution in [2.45, 2.75) is 38.8 Å². The van der Waals surface area contributed by atoms with Crippen LogP contribution >= 0.6 is 0 Å². The first-order valence-electron chi connectivity index (χ1n) is 11.0. The Hall–Kier alpha value is -3.23. The van der Waals surface area contributed by atoms with Crippen LogP contribution in [0.2, 0.25) is 0 Å². The summed E-state index contributed by atoms with van der Waals surface area (Å²) in [5, 5.41) is 12.1. The summed E-state index contributed by atoms with van der Waals surface area (Å²) in [5.74, 6) is -2.19. The maximum atomic E-state index is 13.1. The van der Waals surface area contributed by atoms with Gasteiger partial charge in [-0.2, -0.15) is 0 Å². The molecule has 8 heteroatoms. The summed E-state index contributed by atoms with van der Waals surface area (Å²) in [5.41, 5.74) is 4.29. The van der Waals surface area contributed by atoms with Crippen LogP contribution in [0.3, 0.4) is 0 Å². The molecule has 2 fully saturated rings. The van der Waals surface area contributed by atoms with E-state index in [-0.39, 0.29) is 24.1 Å². The zero-order chi connectivity index (χ0) is 22.2. The minimum absolute atomic E-state index is 0.0181. The smallest absolute Gasteiger partial charge is 0.229 e. The van der Waals surface area contributed by atoms with Crippen LogP contribution < -0.4 is 21.3 Å². The van der Waals surface area contributed by atoms with Gasteiger partial charge in [-0.15, -0.1) is 0 Å². The average molecular weight is 434 g/mol. The minimum Gasteiger partial charge on any atom is -0.340 e. The fourth-order valence-corrected chi connectivity index (χ4v) is 4.87. The summed E-state index contributed by atoms with van der Waals surface area (Å²) >= 11 is 0. The number of nitrogens with zero attached hydrogens (tertiary/aromatic N) is 1. The molecule has 4 atom stereocenters. The monoisotopic (exact) mass is 433 g/mol. The predicted octanol–water partition coefficient (Wildman–Crippen LogP) is 1.07. The van der Waals surface area contributed by atoms with Crippen LogP contribution in [0, 0.1) is 18.8 Å². The van der Waals surface area contributed by atoms with Gasteiger partial charge in [-0.05, 0) is 36.6 Å². The second-order valence-electron chi connectivity index (χ2n) is 8.80. The Labute approximate surface area is 186 Å². The standard InChI is InChI=1S/C24H27N5O3/c1-14-6-8-17(9-7-14)25-22(31)18-12-19(30)26-21-20(18)23(32)28-24(27-21)29-11-10-15-4-2-3-5-16(15)13-29/h2-9,18,20-21,24,27H,10-13H2,1H3,(H,25,31)(H,26,30)(H,28,32). The van der Waals surface area contributed by atoms with E-state index in [0.717, 1.165) is 18.5 Å². The van der Waals surface area contributed by atoms with E-state index in [0.29, 0.717) is 12.2 Å². The number of benzene rings is 2. The molecule has 3 heterocycles. The van der Waals surface area contributed by atoms with Gasteiger partial charge < -0.3 is 16.0 Å². The van der Waals surface area contributed by atoms with Crippen molar-refractivity contribution in [3.63, 3.8) is 0 Å². The highest BCUT2D eigenvalue weighted by molar-refractivity contribution is 6.00. The summed E-state index contributed by atoms with van der Waals surface area (Å²) in [6.07, 6.45) is -0.126. The Morgan fingerprint density at radius 3 is 2.56 bits per heavy atom. The second-order valence-corrected chi connectivity index (χ2v) is 8.80. The first kappa shape index (κ1) is 20.7. The topological polar surface area (TPSA) is 103 Å². The molecule has 3 aliphatic rings. The highest BCUT2D eigenvalue weighted by atomic mass is 16.2. The number of hydrogen-bond donors (Lipinski definition) is 4. The fraction of sp³-hybridized carbons (Fsp3) is 0.375. The lowest BCUT2D eigenvalue weighted by atomic mass is 9.81. The van der Waals surface area contributed by atoms with Gasteiger partial charge in [-0.1, -0.05) is 42.0 Å². The van der Waals surface area contributed by atoms with Gasteiger partial charge in [0.25, 0.3) is 0 Å². The number of anilines is 1. The lowest BCUT2D eigenvalue weighted by Gasteiger charge is -2.47. The molecule has 0 radical (unpaired) electrons. The molecule has 8 nitrogen and oxygen atoms in total. The van der Waals surface area contributed by atoms with Crippen LogP contribution in [-0.2, 0) is 27.3 Å². The zero-order valence-corrected chi connectivity index (χ0v) is 17.9. The van der Waals surface area contributed by atoms with Crippen LogP contribution in [0.15, 0.2) is 48.5 Å². The number of nitrogens with one attached hydrogen (secondary N) is 4. The van der Waals surface area contributed by atoms with Crippen LogP contribution in [0.4, 0.5) is 5.69 Å². The Kier molecular flexibility index (Phi) is 5.40. The molecule has 0 bridgehead atoms. The van der Waals surface area contributed by atoms with E-state index < -0.39 is 24.3 Å². The van der Waals surface area contributed by atoms with E-state index in [2.05, 4.69) is 38.3 Å². The number of rotatable bonds is 3. The molecular weight excluding hydrogens is 406 g/mol. The first-order chi connectivity index (χ1) is 15.5. The van der Waals surface area contributed by atoms with Crippen LogP contribution in [-0.4, -0.2) is 41.6 Å². The largest absolute Gasteiger partial charge is 0.340 e. The maximum absolute atomic E-state index is 13.1. The molecule has 3 aliphatic heterocycles. The molecule has 4 N–H and O–H groups in total. The van der Waals surface area contributed by atoms with Gasteiger partial charge in [0.1, 0.15) is 6.29 Å². The third kappa shape index (κ3) is 3.99.